The van der Waals surface area contributed by atoms with Crippen LogP contribution in [0.25, 0.3) is 0 Å². The van der Waals surface area contributed by atoms with Gasteiger partial charge < -0.3 is 4.74 Å². The zero-order chi connectivity index (χ0) is 13.9. The van der Waals surface area contributed by atoms with E-state index in [1.807, 2.05) is 0 Å². The van der Waals surface area contributed by atoms with E-state index < -0.39 is 11.7 Å². The first-order valence-corrected chi connectivity index (χ1v) is 6.30. The Labute approximate surface area is 109 Å². The number of hydrogen-bond acceptors (Lipinski definition) is 2. The maximum absolute atomic E-state index is 12.7. The molecule has 1 aromatic rings. The molecule has 0 radical (unpaired) electrons. The molecule has 0 spiro atoms. The van der Waals surface area contributed by atoms with Crippen molar-refractivity contribution in [2.45, 2.75) is 31.9 Å². The van der Waals surface area contributed by atoms with Gasteiger partial charge in [0.1, 0.15) is 5.75 Å². The molecule has 19 heavy (non-hydrogen) atoms. The molecule has 0 unspecified atom stereocenters. The average molecular weight is 272 g/mol. The molecule has 0 atom stereocenters. The molecule has 1 aliphatic rings. The van der Waals surface area contributed by atoms with Crippen LogP contribution in [-0.4, -0.2) is 12.9 Å². The van der Waals surface area contributed by atoms with Gasteiger partial charge >= 0.3 is 6.18 Å². The lowest BCUT2D eigenvalue weighted by Gasteiger charge is -2.14. The summed E-state index contributed by atoms with van der Waals surface area (Å²) in [6.45, 7) is 0.442. The first kappa shape index (κ1) is 13.9. The van der Waals surface area contributed by atoms with Crippen LogP contribution in [-0.2, 0) is 6.18 Å². The van der Waals surface area contributed by atoms with E-state index in [2.05, 4.69) is 0 Å². The molecule has 0 heterocycles. The second-order valence-electron chi connectivity index (χ2n) is 4.83. The highest BCUT2D eigenvalue weighted by molar-refractivity contribution is 5.78. The Bertz CT molecular complexity index is 448. The SMILES string of the molecule is O=Cc1ccc(OCC2CCCC2)cc1C(F)(F)F. The summed E-state index contributed by atoms with van der Waals surface area (Å²) in [6.07, 6.45) is 0.126. The van der Waals surface area contributed by atoms with Crippen molar-refractivity contribution in [1.82, 2.24) is 0 Å². The van der Waals surface area contributed by atoms with Crippen molar-refractivity contribution in [3.8, 4) is 5.75 Å². The van der Waals surface area contributed by atoms with Crippen LogP contribution in [0, 0.1) is 5.92 Å². The van der Waals surface area contributed by atoms with E-state index in [4.69, 9.17) is 4.74 Å². The third-order valence-electron chi connectivity index (χ3n) is 3.42. The molecule has 0 amide bonds. The predicted molar refractivity (Wildman–Crippen MR) is 64.3 cm³/mol. The molecule has 1 aliphatic carbocycles. The molecule has 2 nitrogen and oxygen atoms in total. The number of carbonyl (C=O) groups is 1. The van der Waals surface area contributed by atoms with Gasteiger partial charge in [-0.25, -0.2) is 0 Å². The second-order valence-corrected chi connectivity index (χ2v) is 4.83. The second kappa shape index (κ2) is 5.63. The van der Waals surface area contributed by atoms with Gasteiger partial charge in [0, 0.05) is 5.56 Å². The zero-order valence-corrected chi connectivity index (χ0v) is 10.4. The summed E-state index contributed by atoms with van der Waals surface area (Å²) in [5.41, 5.74) is -1.30. The lowest BCUT2D eigenvalue weighted by molar-refractivity contribution is -0.137. The maximum atomic E-state index is 12.7. The summed E-state index contributed by atoms with van der Waals surface area (Å²) in [5.74, 6) is 0.602. The number of benzene rings is 1. The van der Waals surface area contributed by atoms with E-state index in [1.54, 1.807) is 0 Å². The van der Waals surface area contributed by atoms with Crippen LogP contribution in [0.3, 0.4) is 0 Å². The normalized spacial score (nSPS) is 16.6. The van der Waals surface area contributed by atoms with E-state index in [-0.39, 0.29) is 17.6 Å². The van der Waals surface area contributed by atoms with Crippen molar-refractivity contribution >= 4 is 6.29 Å². The summed E-state index contributed by atoms with van der Waals surface area (Å²) in [6, 6.07) is 3.46. The Balaban J connectivity index is 2.11. The number of halogens is 3. The van der Waals surface area contributed by atoms with E-state index in [1.165, 1.54) is 6.07 Å². The molecule has 0 saturated heterocycles. The van der Waals surface area contributed by atoms with Gasteiger partial charge in [0.05, 0.1) is 12.2 Å². The van der Waals surface area contributed by atoms with Crippen LogP contribution < -0.4 is 4.74 Å². The van der Waals surface area contributed by atoms with Gasteiger partial charge in [0.15, 0.2) is 6.29 Å². The maximum Gasteiger partial charge on any atom is 0.417 e. The van der Waals surface area contributed by atoms with Gasteiger partial charge in [-0.05, 0) is 37.0 Å². The molecule has 0 aliphatic heterocycles. The number of hydrogen-bond donors (Lipinski definition) is 0. The fourth-order valence-electron chi connectivity index (χ4n) is 2.36. The molecular formula is C14H15F3O2. The quantitative estimate of drug-likeness (QED) is 0.772. The summed E-state index contributed by atoms with van der Waals surface area (Å²) in [7, 11) is 0. The van der Waals surface area contributed by atoms with Gasteiger partial charge in [-0.2, -0.15) is 13.2 Å². The molecule has 0 bridgehead atoms. The van der Waals surface area contributed by atoms with Gasteiger partial charge in [0.25, 0.3) is 0 Å². The number of aldehydes is 1. The number of alkyl halides is 3. The van der Waals surface area contributed by atoms with E-state index in [0.29, 0.717) is 12.5 Å². The molecule has 1 aromatic carbocycles. The third kappa shape index (κ3) is 3.49. The Kier molecular flexibility index (Phi) is 4.12. The predicted octanol–water partition coefficient (Wildman–Crippen LogP) is 4.09. The molecular weight excluding hydrogens is 257 g/mol. The fraction of sp³-hybridized carbons (Fsp3) is 0.500. The summed E-state index contributed by atoms with van der Waals surface area (Å²) in [5, 5.41) is 0. The fourth-order valence-corrected chi connectivity index (χ4v) is 2.36. The highest BCUT2D eigenvalue weighted by Crippen LogP contribution is 2.34. The Morgan fingerprint density at radius 2 is 1.95 bits per heavy atom. The molecule has 1 fully saturated rings. The van der Waals surface area contributed by atoms with Crippen LogP contribution in [0.2, 0.25) is 0 Å². The van der Waals surface area contributed by atoms with Crippen LogP contribution >= 0.6 is 0 Å². The van der Waals surface area contributed by atoms with Crippen molar-refractivity contribution in [2.24, 2.45) is 5.92 Å². The number of ether oxygens (including phenoxy) is 1. The Morgan fingerprint density at radius 3 is 2.53 bits per heavy atom. The minimum Gasteiger partial charge on any atom is -0.493 e. The van der Waals surface area contributed by atoms with Crippen molar-refractivity contribution in [2.75, 3.05) is 6.61 Å². The smallest absolute Gasteiger partial charge is 0.417 e. The van der Waals surface area contributed by atoms with Crippen molar-refractivity contribution in [3.05, 3.63) is 29.3 Å². The molecule has 0 aromatic heterocycles. The number of carbonyl (C=O) groups excluding carboxylic acids is 1. The highest BCUT2D eigenvalue weighted by Gasteiger charge is 2.33. The van der Waals surface area contributed by atoms with Crippen molar-refractivity contribution < 1.29 is 22.7 Å². The van der Waals surface area contributed by atoms with E-state index in [0.717, 1.165) is 37.8 Å². The van der Waals surface area contributed by atoms with Crippen LogP contribution in [0.5, 0.6) is 5.75 Å². The van der Waals surface area contributed by atoms with Gasteiger partial charge in [-0.15, -0.1) is 0 Å². The molecule has 5 heteroatoms. The number of rotatable bonds is 4. The van der Waals surface area contributed by atoms with Crippen LogP contribution in [0.1, 0.15) is 41.6 Å². The third-order valence-corrected chi connectivity index (χ3v) is 3.42. The summed E-state index contributed by atoms with van der Waals surface area (Å²) in [4.78, 5) is 10.6. The first-order chi connectivity index (χ1) is 9.00. The van der Waals surface area contributed by atoms with Gasteiger partial charge in [-0.1, -0.05) is 12.8 Å². The van der Waals surface area contributed by atoms with Crippen LogP contribution in [0.15, 0.2) is 18.2 Å². The van der Waals surface area contributed by atoms with Crippen LogP contribution in [0.4, 0.5) is 13.2 Å². The summed E-state index contributed by atoms with van der Waals surface area (Å²) >= 11 is 0. The molecule has 0 N–H and O–H groups in total. The zero-order valence-electron chi connectivity index (χ0n) is 10.4. The van der Waals surface area contributed by atoms with E-state index >= 15 is 0 Å². The average Bonchev–Trinajstić information content (AvgIpc) is 2.88. The minimum atomic E-state index is -4.54. The lowest BCUT2D eigenvalue weighted by Crippen LogP contribution is -2.11. The first-order valence-electron chi connectivity index (χ1n) is 6.30. The Morgan fingerprint density at radius 1 is 1.26 bits per heavy atom. The van der Waals surface area contributed by atoms with Crippen molar-refractivity contribution in [3.63, 3.8) is 0 Å². The minimum absolute atomic E-state index is 0.171. The molecule has 104 valence electrons. The standard InChI is InChI=1S/C14H15F3O2/c15-14(16,17)13-7-12(6-5-11(13)8-18)19-9-10-3-1-2-4-10/h5-8,10H,1-4,9H2. The molecule has 2 rings (SSSR count). The van der Waals surface area contributed by atoms with Gasteiger partial charge in [0.2, 0.25) is 0 Å². The molecule has 1 saturated carbocycles. The van der Waals surface area contributed by atoms with Gasteiger partial charge in [-0.3, -0.25) is 4.79 Å². The largest absolute Gasteiger partial charge is 0.493 e. The monoisotopic (exact) mass is 272 g/mol. The van der Waals surface area contributed by atoms with Crippen molar-refractivity contribution in [1.29, 1.82) is 0 Å². The lowest BCUT2D eigenvalue weighted by atomic mass is 10.1. The summed E-state index contributed by atoms with van der Waals surface area (Å²) < 4.78 is 43.6. The highest BCUT2D eigenvalue weighted by atomic mass is 19.4. The van der Waals surface area contributed by atoms with E-state index in [9.17, 15) is 18.0 Å². The Hall–Kier alpha value is -1.52. The topological polar surface area (TPSA) is 26.3 Å².